The maximum atomic E-state index is 12.6. The molecule has 2 rings (SSSR count). The van der Waals surface area contributed by atoms with Gasteiger partial charge in [0.2, 0.25) is 0 Å². The van der Waals surface area contributed by atoms with E-state index in [2.05, 4.69) is 4.98 Å². The fourth-order valence-electron chi connectivity index (χ4n) is 2.88. The number of fused-ring (bicyclic) bond motifs is 1. The lowest BCUT2D eigenvalue weighted by Crippen LogP contribution is -2.41. The summed E-state index contributed by atoms with van der Waals surface area (Å²) in [4.78, 5) is 40.3. The van der Waals surface area contributed by atoms with E-state index in [0.29, 0.717) is 37.1 Å². The van der Waals surface area contributed by atoms with Crippen LogP contribution in [0.4, 0.5) is 0 Å². The van der Waals surface area contributed by atoms with Crippen LogP contribution in [0, 0.1) is 0 Å². The number of carbonyl (C=O) groups excluding carboxylic acids is 1. The van der Waals surface area contributed by atoms with Gasteiger partial charge in [-0.15, -0.1) is 0 Å². The zero-order valence-corrected chi connectivity index (χ0v) is 14.9. The average Bonchev–Trinajstić information content (AvgIpc) is 2.91. The Morgan fingerprint density at radius 1 is 1.28 bits per heavy atom. The summed E-state index contributed by atoms with van der Waals surface area (Å²) in [6.07, 6.45) is 3.39. The van der Waals surface area contributed by atoms with Gasteiger partial charge in [0.05, 0.1) is 12.4 Å². The zero-order valence-electron chi connectivity index (χ0n) is 14.9. The molecule has 0 radical (unpaired) electrons. The molecule has 1 unspecified atom stereocenters. The number of nitrogens with zero attached hydrogens (tertiary/aromatic N) is 4. The maximum absolute atomic E-state index is 12.6. The number of unbranched alkanes of at least 4 members (excludes halogenated alkanes) is 1. The highest BCUT2D eigenvalue weighted by molar-refractivity contribution is 5.69. The summed E-state index contributed by atoms with van der Waals surface area (Å²) in [5.74, 6) is -0.310. The summed E-state index contributed by atoms with van der Waals surface area (Å²) in [5, 5.41) is 0. The van der Waals surface area contributed by atoms with Crippen LogP contribution in [0.2, 0.25) is 0 Å². The highest BCUT2D eigenvalue weighted by Gasteiger charge is 2.16. The first-order chi connectivity index (χ1) is 11.9. The number of aromatic nitrogens is 4. The first kappa shape index (κ1) is 18.9. The van der Waals surface area contributed by atoms with Gasteiger partial charge in [-0.05, 0) is 26.2 Å². The van der Waals surface area contributed by atoms with Crippen LogP contribution in [0.15, 0.2) is 15.9 Å². The summed E-state index contributed by atoms with van der Waals surface area (Å²) >= 11 is 0. The second kappa shape index (κ2) is 8.11. The van der Waals surface area contributed by atoms with Crippen LogP contribution in [-0.2, 0) is 29.7 Å². The highest BCUT2D eigenvalue weighted by atomic mass is 16.5. The van der Waals surface area contributed by atoms with E-state index in [1.54, 1.807) is 11.6 Å². The van der Waals surface area contributed by atoms with Gasteiger partial charge in [0, 0.05) is 33.6 Å². The second-order valence-corrected chi connectivity index (χ2v) is 6.12. The third kappa shape index (κ3) is 4.16. The van der Waals surface area contributed by atoms with Gasteiger partial charge in [0.15, 0.2) is 11.2 Å². The maximum Gasteiger partial charge on any atom is 0.332 e. The minimum Gasteiger partial charge on any atom is -0.463 e. The third-order valence-electron chi connectivity index (χ3n) is 4.05. The molecular formula is C16H25N5O4. The van der Waals surface area contributed by atoms with Crippen LogP contribution in [-0.4, -0.2) is 37.3 Å². The molecule has 0 saturated heterocycles. The van der Waals surface area contributed by atoms with E-state index in [-0.39, 0.29) is 24.2 Å². The number of nitrogens with two attached hydrogens (primary N) is 1. The van der Waals surface area contributed by atoms with Crippen LogP contribution >= 0.6 is 0 Å². The van der Waals surface area contributed by atoms with Crippen LogP contribution in [0.5, 0.6) is 0 Å². The molecule has 0 aliphatic carbocycles. The molecule has 0 bridgehead atoms. The highest BCUT2D eigenvalue weighted by Crippen LogP contribution is 2.07. The lowest BCUT2D eigenvalue weighted by atomic mass is 10.2. The average molecular weight is 351 g/mol. The molecule has 138 valence electrons. The molecule has 0 fully saturated rings. The quantitative estimate of drug-likeness (QED) is 0.528. The number of carbonyl (C=O) groups is 1. The van der Waals surface area contributed by atoms with Gasteiger partial charge in [-0.2, -0.15) is 0 Å². The van der Waals surface area contributed by atoms with Crippen molar-refractivity contribution in [3.8, 4) is 0 Å². The van der Waals surface area contributed by atoms with E-state index in [1.165, 1.54) is 22.4 Å². The van der Waals surface area contributed by atoms with Crippen molar-refractivity contribution in [1.82, 2.24) is 18.7 Å². The Hall–Kier alpha value is -2.42. The number of hydrogen-bond acceptors (Lipinski definition) is 6. The van der Waals surface area contributed by atoms with Crippen molar-refractivity contribution in [2.75, 3.05) is 6.54 Å². The largest absolute Gasteiger partial charge is 0.463 e. The molecule has 9 heteroatoms. The Labute approximate surface area is 145 Å². The van der Waals surface area contributed by atoms with E-state index in [0.717, 1.165) is 6.42 Å². The summed E-state index contributed by atoms with van der Waals surface area (Å²) in [6.45, 7) is 4.08. The van der Waals surface area contributed by atoms with Crippen molar-refractivity contribution in [2.45, 2.75) is 52.3 Å². The normalized spacial score (nSPS) is 12.5. The molecule has 0 aliphatic heterocycles. The van der Waals surface area contributed by atoms with Crippen LogP contribution in [0.1, 0.15) is 33.1 Å². The van der Waals surface area contributed by atoms with Crippen LogP contribution in [0.3, 0.4) is 0 Å². The van der Waals surface area contributed by atoms with E-state index < -0.39 is 5.69 Å². The second-order valence-electron chi connectivity index (χ2n) is 6.12. The van der Waals surface area contributed by atoms with Crippen molar-refractivity contribution >= 4 is 17.1 Å². The lowest BCUT2D eigenvalue weighted by Gasteiger charge is -2.13. The molecule has 0 amide bonds. The predicted molar refractivity (Wildman–Crippen MR) is 93.4 cm³/mol. The first-order valence-electron chi connectivity index (χ1n) is 8.38. The monoisotopic (exact) mass is 351 g/mol. The molecule has 1 atom stereocenters. The molecule has 2 heterocycles. The molecule has 9 nitrogen and oxygen atoms in total. The van der Waals surface area contributed by atoms with Gasteiger partial charge in [-0.25, -0.2) is 9.78 Å². The van der Waals surface area contributed by atoms with Gasteiger partial charge < -0.3 is 15.0 Å². The molecule has 0 saturated carbocycles. The molecule has 2 aromatic rings. The Morgan fingerprint density at radius 2 is 2.00 bits per heavy atom. The summed E-state index contributed by atoms with van der Waals surface area (Å²) < 4.78 is 9.35. The van der Waals surface area contributed by atoms with Gasteiger partial charge in [0.1, 0.15) is 0 Å². The van der Waals surface area contributed by atoms with Gasteiger partial charge in [-0.1, -0.05) is 0 Å². The smallest absolute Gasteiger partial charge is 0.332 e. The number of ether oxygens (including phenoxy) is 1. The fraction of sp³-hybridized carbons (Fsp3) is 0.625. The number of esters is 1. The van der Waals surface area contributed by atoms with Crippen LogP contribution in [0.25, 0.3) is 11.2 Å². The van der Waals surface area contributed by atoms with Gasteiger partial charge in [0.25, 0.3) is 5.56 Å². The molecule has 0 aliphatic rings. The van der Waals surface area contributed by atoms with Crippen molar-refractivity contribution in [1.29, 1.82) is 0 Å². The molecule has 25 heavy (non-hydrogen) atoms. The molecular weight excluding hydrogens is 326 g/mol. The molecule has 0 spiro atoms. The minimum atomic E-state index is -0.394. The Bertz CT molecular complexity index is 864. The van der Waals surface area contributed by atoms with E-state index in [4.69, 9.17) is 10.5 Å². The number of aryl methyl sites for hydroxylation is 1. The first-order valence-corrected chi connectivity index (χ1v) is 8.38. The summed E-state index contributed by atoms with van der Waals surface area (Å²) in [7, 11) is 1.72. The molecule has 0 aromatic carbocycles. The predicted octanol–water partition coefficient (Wildman–Crippen LogP) is -0.0227. The SMILES string of the molecule is CC(=O)OC(C)CCCCn1c(=O)c2c(ncn2C)n(CCN)c1=O. The number of imidazole rings is 1. The minimum absolute atomic E-state index is 0.178. The van der Waals surface area contributed by atoms with E-state index in [1.807, 2.05) is 6.92 Å². The molecule has 2 N–H and O–H groups in total. The van der Waals surface area contributed by atoms with Crippen molar-refractivity contribution < 1.29 is 9.53 Å². The molecule has 2 aromatic heterocycles. The zero-order chi connectivity index (χ0) is 18.6. The van der Waals surface area contributed by atoms with Crippen LogP contribution < -0.4 is 17.0 Å². The van der Waals surface area contributed by atoms with Crippen molar-refractivity contribution in [3.63, 3.8) is 0 Å². The Kier molecular flexibility index (Phi) is 6.13. The lowest BCUT2D eigenvalue weighted by molar-refractivity contribution is -0.145. The standard InChI is InChI=1S/C16H25N5O4/c1-11(25-12(2)22)6-4-5-8-21-15(23)13-14(18-10-19(13)3)20(9-7-17)16(21)24/h10-11H,4-9,17H2,1-3H3. The third-order valence-corrected chi connectivity index (χ3v) is 4.05. The van der Waals surface area contributed by atoms with E-state index in [9.17, 15) is 14.4 Å². The van der Waals surface area contributed by atoms with E-state index >= 15 is 0 Å². The van der Waals surface area contributed by atoms with Crippen molar-refractivity contribution in [2.24, 2.45) is 12.8 Å². The van der Waals surface area contributed by atoms with Crippen molar-refractivity contribution in [3.05, 3.63) is 27.2 Å². The van der Waals surface area contributed by atoms with Gasteiger partial charge >= 0.3 is 11.7 Å². The fourth-order valence-corrected chi connectivity index (χ4v) is 2.88. The topological polar surface area (TPSA) is 114 Å². The number of hydrogen-bond donors (Lipinski definition) is 1. The number of rotatable bonds is 8. The van der Waals surface area contributed by atoms with Gasteiger partial charge in [-0.3, -0.25) is 18.7 Å². The Morgan fingerprint density at radius 3 is 2.64 bits per heavy atom. The summed E-state index contributed by atoms with van der Waals surface area (Å²) in [5.41, 5.74) is 5.60. The summed E-state index contributed by atoms with van der Waals surface area (Å²) in [6, 6.07) is 0. The Balaban J connectivity index is 2.20.